The number of benzene rings is 2. The number of piperidine rings is 1. The molecule has 0 aliphatic carbocycles. The van der Waals surface area contributed by atoms with E-state index in [0.29, 0.717) is 30.8 Å². The summed E-state index contributed by atoms with van der Waals surface area (Å²) in [5.41, 5.74) is 2.26. The number of nitrogens with one attached hydrogen (secondary N) is 1. The summed E-state index contributed by atoms with van der Waals surface area (Å²) in [6.07, 6.45) is 3.57. The molecule has 1 atom stereocenters. The molecule has 5 rings (SSSR count). The van der Waals surface area contributed by atoms with Crippen LogP contribution in [0, 0.1) is 0 Å². The summed E-state index contributed by atoms with van der Waals surface area (Å²) in [5, 5.41) is 4.00. The van der Waals surface area contributed by atoms with E-state index in [2.05, 4.69) is 10.3 Å². The maximum Gasteiger partial charge on any atom is 0.243 e. The van der Waals surface area contributed by atoms with Crippen LogP contribution in [0.5, 0.6) is 0 Å². The number of hydrogen-bond donors (Lipinski definition) is 1. The number of imidazole rings is 1. The van der Waals surface area contributed by atoms with Crippen LogP contribution in [0.15, 0.2) is 57.8 Å². The van der Waals surface area contributed by atoms with Gasteiger partial charge in [0.25, 0.3) is 0 Å². The van der Waals surface area contributed by atoms with Gasteiger partial charge in [-0.2, -0.15) is 4.31 Å². The van der Waals surface area contributed by atoms with Crippen LogP contribution in [0.1, 0.15) is 50.2 Å². The van der Waals surface area contributed by atoms with Crippen LogP contribution in [-0.2, 0) is 28.3 Å². The fourth-order valence-electron chi connectivity index (χ4n) is 4.69. The Labute approximate surface area is 205 Å². The number of rotatable bonds is 7. The average molecular weight is 495 g/mol. The van der Waals surface area contributed by atoms with Gasteiger partial charge >= 0.3 is 0 Å². The number of sulfonamides is 1. The van der Waals surface area contributed by atoms with E-state index in [0.717, 1.165) is 41.6 Å². The molecule has 4 aromatic rings. The van der Waals surface area contributed by atoms with Gasteiger partial charge in [0.2, 0.25) is 15.9 Å². The van der Waals surface area contributed by atoms with Crippen molar-refractivity contribution in [2.75, 3.05) is 13.1 Å². The summed E-state index contributed by atoms with van der Waals surface area (Å²) in [7, 11) is -1.63. The Balaban J connectivity index is 1.26. The lowest BCUT2D eigenvalue weighted by Crippen LogP contribution is -2.35. The third-order valence-electron chi connectivity index (χ3n) is 6.72. The zero-order valence-corrected chi connectivity index (χ0v) is 20.8. The average Bonchev–Trinajstić information content (AvgIpc) is 3.44. The Morgan fingerprint density at radius 3 is 2.66 bits per heavy atom. The molecule has 0 spiro atoms. The summed E-state index contributed by atoms with van der Waals surface area (Å²) in [5.74, 6) is 1.35. The summed E-state index contributed by atoms with van der Waals surface area (Å²) in [4.78, 5) is 17.6. The molecule has 1 aliphatic heterocycles. The summed E-state index contributed by atoms with van der Waals surface area (Å²) in [6, 6.07) is 14.5. The van der Waals surface area contributed by atoms with Crippen molar-refractivity contribution in [3.63, 3.8) is 0 Å². The molecule has 2 aromatic carbocycles. The number of aromatic nitrogens is 2. The van der Waals surface area contributed by atoms with Gasteiger partial charge in [-0.25, -0.2) is 13.4 Å². The number of nitrogens with zero attached hydrogens (tertiary/aromatic N) is 3. The molecule has 1 saturated heterocycles. The van der Waals surface area contributed by atoms with Crippen molar-refractivity contribution < 1.29 is 17.6 Å². The number of carbonyl (C=O) groups excluding carboxylic acids is 1. The number of carbonyl (C=O) groups is 1. The third kappa shape index (κ3) is 4.70. The molecule has 0 radical (unpaired) electrons. The second-order valence-corrected chi connectivity index (χ2v) is 11.1. The quantitative estimate of drug-likeness (QED) is 0.413. The van der Waals surface area contributed by atoms with Crippen LogP contribution in [-0.4, -0.2) is 41.3 Å². The molecule has 0 saturated carbocycles. The van der Waals surface area contributed by atoms with Crippen LogP contribution in [0.2, 0.25) is 0 Å². The Morgan fingerprint density at radius 2 is 1.89 bits per heavy atom. The van der Waals surface area contributed by atoms with E-state index in [-0.39, 0.29) is 23.3 Å². The van der Waals surface area contributed by atoms with Crippen molar-refractivity contribution >= 4 is 37.9 Å². The molecule has 184 valence electrons. The van der Waals surface area contributed by atoms with Crippen molar-refractivity contribution in [1.29, 1.82) is 0 Å². The highest BCUT2D eigenvalue weighted by atomic mass is 32.2. The van der Waals surface area contributed by atoms with Gasteiger partial charge in [-0.1, -0.05) is 24.6 Å². The monoisotopic (exact) mass is 494 g/mol. The Kier molecular flexibility index (Phi) is 6.37. The topological polar surface area (TPSA) is 97.4 Å². The Morgan fingerprint density at radius 1 is 1.11 bits per heavy atom. The van der Waals surface area contributed by atoms with Gasteiger partial charge in [-0.05, 0) is 50.1 Å². The highest BCUT2D eigenvalue weighted by Gasteiger charge is 2.26. The van der Waals surface area contributed by atoms with E-state index in [1.165, 1.54) is 0 Å². The first-order chi connectivity index (χ1) is 16.8. The molecule has 1 aliphatic rings. The summed E-state index contributed by atoms with van der Waals surface area (Å²) >= 11 is 0. The molecule has 1 amide bonds. The Hall–Kier alpha value is -3.17. The van der Waals surface area contributed by atoms with Crippen LogP contribution in [0.4, 0.5) is 0 Å². The highest BCUT2D eigenvalue weighted by Crippen LogP contribution is 2.26. The minimum absolute atomic E-state index is 0.0987. The van der Waals surface area contributed by atoms with Crippen LogP contribution < -0.4 is 5.32 Å². The van der Waals surface area contributed by atoms with Crippen molar-refractivity contribution in [3.8, 4) is 0 Å². The lowest BCUT2D eigenvalue weighted by molar-refractivity contribution is -0.121. The largest absolute Gasteiger partial charge is 0.459 e. The lowest BCUT2D eigenvalue weighted by atomic mass is 10.2. The molecule has 9 heteroatoms. The van der Waals surface area contributed by atoms with E-state index in [9.17, 15) is 13.2 Å². The second kappa shape index (κ2) is 9.47. The summed E-state index contributed by atoms with van der Waals surface area (Å²) < 4.78 is 35.4. The maximum absolute atomic E-state index is 13.0. The predicted molar refractivity (Wildman–Crippen MR) is 134 cm³/mol. The molecule has 0 bridgehead atoms. The first kappa shape index (κ1) is 23.6. The van der Waals surface area contributed by atoms with Crippen molar-refractivity contribution in [2.24, 2.45) is 7.05 Å². The number of aryl methyl sites for hydroxylation is 2. The number of para-hydroxylation sites is 1. The van der Waals surface area contributed by atoms with E-state index in [1.54, 1.807) is 22.5 Å². The normalized spacial score (nSPS) is 16.1. The second-order valence-electron chi connectivity index (χ2n) is 9.18. The SMILES string of the molecule is CC(NC(=O)CCc1nc2cc(S(=O)(=O)N3CCCCC3)ccc2n1C)c1cc2ccccc2o1. The molecule has 2 aromatic heterocycles. The van der Waals surface area contributed by atoms with Gasteiger partial charge in [0.05, 0.1) is 22.0 Å². The van der Waals surface area contributed by atoms with Crippen LogP contribution in [0.3, 0.4) is 0 Å². The van der Waals surface area contributed by atoms with Crippen LogP contribution >= 0.6 is 0 Å². The first-order valence-corrected chi connectivity index (χ1v) is 13.5. The van der Waals surface area contributed by atoms with Gasteiger partial charge in [0, 0.05) is 38.4 Å². The van der Waals surface area contributed by atoms with Crippen molar-refractivity contribution in [2.45, 2.75) is 50.0 Å². The zero-order chi connectivity index (χ0) is 24.6. The summed E-state index contributed by atoms with van der Waals surface area (Å²) in [6.45, 7) is 3.03. The van der Waals surface area contributed by atoms with E-state index in [4.69, 9.17) is 4.42 Å². The molecule has 1 unspecified atom stereocenters. The molecular formula is C26H30N4O4S. The van der Waals surface area contributed by atoms with Gasteiger partial charge in [0.1, 0.15) is 17.2 Å². The fraction of sp³-hybridized carbons (Fsp3) is 0.385. The number of fused-ring (bicyclic) bond motifs is 2. The first-order valence-electron chi connectivity index (χ1n) is 12.1. The van der Waals surface area contributed by atoms with E-state index < -0.39 is 10.0 Å². The van der Waals surface area contributed by atoms with Gasteiger partial charge in [0.15, 0.2) is 0 Å². The van der Waals surface area contributed by atoms with Crippen molar-refractivity contribution in [1.82, 2.24) is 19.2 Å². The minimum Gasteiger partial charge on any atom is -0.459 e. The molecular weight excluding hydrogens is 464 g/mol. The third-order valence-corrected chi connectivity index (χ3v) is 8.62. The lowest BCUT2D eigenvalue weighted by Gasteiger charge is -2.25. The van der Waals surface area contributed by atoms with E-state index >= 15 is 0 Å². The molecule has 3 heterocycles. The smallest absolute Gasteiger partial charge is 0.243 e. The number of hydrogen-bond acceptors (Lipinski definition) is 5. The standard InChI is InChI=1S/C26H30N4O4S/c1-18(24-16-19-8-4-5-9-23(19)34-24)27-26(31)13-12-25-28-21-17-20(10-11-22(21)29(25)2)35(32,33)30-14-6-3-7-15-30/h4-5,8-11,16-18H,3,6-7,12-15H2,1-2H3,(H,27,31). The zero-order valence-electron chi connectivity index (χ0n) is 20.0. The molecule has 1 fully saturated rings. The highest BCUT2D eigenvalue weighted by molar-refractivity contribution is 7.89. The molecule has 8 nitrogen and oxygen atoms in total. The number of furan rings is 1. The Bertz CT molecular complexity index is 1450. The molecule has 35 heavy (non-hydrogen) atoms. The van der Waals surface area contributed by atoms with Crippen LogP contribution in [0.25, 0.3) is 22.0 Å². The molecule has 1 N–H and O–H groups in total. The minimum atomic E-state index is -3.52. The maximum atomic E-state index is 13.0. The van der Waals surface area contributed by atoms with Crippen molar-refractivity contribution in [3.05, 3.63) is 60.1 Å². The van der Waals surface area contributed by atoms with Gasteiger partial charge < -0.3 is 14.3 Å². The predicted octanol–water partition coefficient (Wildman–Crippen LogP) is 4.30. The number of amides is 1. The van der Waals surface area contributed by atoms with E-state index in [1.807, 2.05) is 48.9 Å². The van der Waals surface area contributed by atoms with Gasteiger partial charge in [-0.15, -0.1) is 0 Å². The van der Waals surface area contributed by atoms with Gasteiger partial charge in [-0.3, -0.25) is 4.79 Å². The fourth-order valence-corrected chi connectivity index (χ4v) is 6.23.